The smallest absolute Gasteiger partial charge is 0.280 e. The second kappa shape index (κ2) is 8.31. The number of benzene rings is 2. The van der Waals surface area contributed by atoms with Gasteiger partial charge in [-0.05, 0) is 24.1 Å². The quantitative estimate of drug-likeness (QED) is 0.476. The standard InChI is InChI=1S/C22H19ClN6O2/c23-17-8-6-15(7-9-17)12-20(30)28-11-10-18(13-28)29-14-19(25-27-29)22-24-21(26-31-22)16-4-2-1-3-5-16/h1-9,14,18H,10-13H2/t18-/m1/s1. The molecule has 0 unspecified atom stereocenters. The van der Waals surface area contributed by atoms with Crippen molar-refractivity contribution in [1.82, 2.24) is 30.0 Å². The normalized spacial score (nSPS) is 16.0. The summed E-state index contributed by atoms with van der Waals surface area (Å²) in [5, 5.41) is 13.1. The van der Waals surface area contributed by atoms with E-state index in [0.29, 0.717) is 41.9 Å². The first-order valence-corrected chi connectivity index (χ1v) is 10.4. The largest absolute Gasteiger partial charge is 0.340 e. The molecule has 31 heavy (non-hydrogen) atoms. The van der Waals surface area contributed by atoms with Gasteiger partial charge >= 0.3 is 0 Å². The highest BCUT2D eigenvalue weighted by Gasteiger charge is 2.28. The van der Waals surface area contributed by atoms with Gasteiger partial charge in [0.15, 0.2) is 5.69 Å². The van der Waals surface area contributed by atoms with Crippen LogP contribution in [0, 0.1) is 0 Å². The number of nitrogens with zero attached hydrogens (tertiary/aromatic N) is 6. The van der Waals surface area contributed by atoms with Crippen LogP contribution in [-0.4, -0.2) is 49.0 Å². The number of halogens is 1. The molecule has 1 amide bonds. The van der Waals surface area contributed by atoms with Crippen molar-refractivity contribution >= 4 is 17.5 Å². The molecule has 8 nitrogen and oxygen atoms in total. The molecular formula is C22H19ClN6O2. The second-order valence-corrected chi connectivity index (χ2v) is 7.89. The molecule has 3 heterocycles. The van der Waals surface area contributed by atoms with E-state index < -0.39 is 0 Å². The van der Waals surface area contributed by atoms with E-state index in [1.807, 2.05) is 47.4 Å². The molecule has 0 bridgehead atoms. The maximum Gasteiger partial charge on any atom is 0.280 e. The van der Waals surface area contributed by atoms with Gasteiger partial charge in [0.2, 0.25) is 11.7 Å². The highest BCUT2D eigenvalue weighted by Crippen LogP contribution is 2.25. The van der Waals surface area contributed by atoms with E-state index in [1.165, 1.54) is 0 Å². The molecule has 0 radical (unpaired) electrons. The Hall–Kier alpha value is -3.52. The SMILES string of the molecule is O=C(Cc1ccc(Cl)cc1)N1CC[C@@H](n2cc(-c3nc(-c4ccccc4)no3)nn2)C1. The number of rotatable bonds is 5. The van der Waals surface area contributed by atoms with Crippen LogP contribution in [0.3, 0.4) is 0 Å². The van der Waals surface area contributed by atoms with Crippen molar-refractivity contribution in [1.29, 1.82) is 0 Å². The van der Waals surface area contributed by atoms with Crippen molar-refractivity contribution in [2.75, 3.05) is 13.1 Å². The lowest BCUT2D eigenvalue weighted by Gasteiger charge is -2.16. The van der Waals surface area contributed by atoms with Crippen LogP contribution in [0.5, 0.6) is 0 Å². The van der Waals surface area contributed by atoms with Crippen molar-refractivity contribution in [2.24, 2.45) is 0 Å². The highest BCUT2D eigenvalue weighted by atomic mass is 35.5. The van der Waals surface area contributed by atoms with E-state index in [-0.39, 0.29) is 11.9 Å². The topological polar surface area (TPSA) is 89.9 Å². The monoisotopic (exact) mass is 434 g/mol. The maximum atomic E-state index is 12.7. The molecule has 0 spiro atoms. The number of hydrogen-bond acceptors (Lipinski definition) is 6. The number of likely N-dealkylation sites (tertiary alicyclic amines) is 1. The second-order valence-electron chi connectivity index (χ2n) is 7.46. The van der Waals surface area contributed by atoms with E-state index in [9.17, 15) is 4.79 Å². The van der Waals surface area contributed by atoms with E-state index in [1.54, 1.807) is 23.0 Å². The molecule has 0 aliphatic carbocycles. The molecule has 1 aliphatic heterocycles. The van der Waals surface area contributed by atoms with Crippen molar-refractivity contribution < 1.29 is 9.32 Å². The van der Waals surface area contributed by atoms with Crippen LogP contribution < -0.4 is 0 Å². The fraction of sp³-hybridized carbons (Fsp3) is 0.227. The first-order valence-electron chi connectivity index (χ1n) is 9.99. The fourth-order valence-electron chi connectivity index (χ4n) is 3.66. The van der Waals surface area contributed by atoms with Crippen molar-refractivity contribution in [3.05, 3.63) is 71.4 Å². The van der Waals surface area contributed by atoms with Gasteiger partial charge in [0.1, 0.15) is 0 Å². The van der Waals surface area contributed by atoms with Crippen LogP contribution in [0.15, 0.2) is 65.3 Å². The lowest BCUT2D eigenvalue weighted by molar-refractivity contribution is -0.129. The molecule has 2 aromatic carbocycles. The minimum Gasteiger partial charge on any atom is -0.340 e. The fourth-order valence-corrected chi connectivity index (χ4v) is 3.78. The molecule has 0 N–H and O–H groups in total. The lowest BCUT2D eigenvalue weighted by Crippen LogP contribution is -2.30. The molecule has 4 aromatic rings. The van der Waals surface area contributed by atoms with Gasteiger partial charge in [0.25, 0.3) is 5.89 Å². The van der Waals surface area contributed by atoms with Crippen molar-refractivity contribution in [2.45, 2.75) is 18.9 Å². The number of carbonyl (C=O) groups excluding carboxylic acids is 1. The van der Waals surface area contributed by atoms with Crippen LogP contribution in [0.1, 0.15) is 18.0 Å². The molecule has 5 rings (SSSR count). The average Bonchev–Trinajstić information content (AvgIpc) is 3.55. The van der Waals surface area contributed by atoms with Crippen LogP contribution >= 0.6 is 11.6 Å². The average molecular weight is 435 g/mol. The van der Waals surface area contributed by atoms with E-state index in [0.717, 1.165) is 17.5 Å². The molecule has 1 fully saturated rings. The summed E-state index contributed by atoms with van der Waals surface area (Å²) in [6, 6.07) is 17.0. The first-order chi connectivity index (χ1) is 15.2. The molecular weight excluding hydrogens is 416 g/mol. The molecule has 2 aromatic heterocycles. The summed E-state index contributed by atoms with van der Waals surface area (Å²) in [6.45, 7) is 1.28. The maximum absolute atomic E-state index is 12.7. The zero-order valence-electron chi connectivity index (χ0n) is 16.6. The third kappa shape index (κ3) is 4.20. The molecule has 156 valence electrons. The van der Waals surface area contributed by atoms with Gasteiger partial charge in [-0.2, -0.15) is 4.98 Å². The van der Waals surface area contributed by atoms with Crippen LogP contribution in [0.2, 0.25) is 5.02 Å². The van der Waals surface area contributed by atoms with Crippen LogP contribution in [0.4, 0.5) is 0 Å². The Labute approximate surface area is 183 Å². The number of amides is 1. The molecule has 1 saturated heterocycles. The van der Waals surface area contributed by atoms with E-state index in [4.69, 9.17) is 16.1 Å². The van der Waals surface area contributed by atoms with Gasteiger partial charge in [-0.1, -0.05) is 64.4 Å². The Bertz CT molecular complexity index is 1190. The summed E-state index contributed by atoms with van der Waals surface area (Å²) in [6.07, 6.45) is 2.96. The van der Waals surface area contributed by atoms with Gasteiger partial charge in [-0.15, -0.1) is 5.10 Å². The van der Waals surface area contributed by atoms with Gasteiger partial charge in [-0.3, -0.25) is 4.79 Å². The molecule has 1 atom stereocenters. The summed E-state index contributed by atoms with van der Waals surface area (Å²) in [5.74, 6) is 0.915. The predicted octanol–water partition coefficient (Wildman–Crippen LogP) is 3.66. The minimum atomic E-state index is 0.0620. The zero-order valence-corrected chi connectivity index (χ0v) is 17.3. The minimum absolute atomic E-state index is 0.0620. The van der Waals surface area contributed by atoms with Gasteiger partial charge in [0, 0.05) is 23.7 Å². The van der Waals surface area contributed by atoms with Crippen molar-refractivity contribution in [3.63, 3.8) is 0 Å². The van der Waals surface area contributed by atoms with Crippen molar-refractivity contribution in [3.8, 4) is 23.0 Å². The Morgan fingerprint density at radius 2 is 1.94 bits per heavy atom. The van der Waals surface area contributed by atoms with Crippen LogP contribution in [0.25, 0.3) is 23.0 Å². The third-order valence-corrected chi connectivity index (χ3v) is 5.60. The predicted molar refractivity (Wildman–Crippen MR) is 114 cm³/mol. The first kappa shape index (κ1) is 19.4. The summed E-state index contributed by atoms with van der Waals surface area (Å²) in [7, 11) is 0. The Balaban J connectivity index is 1.24. The summed E-state index contributed by atoms with van der Waals surface area (Å²) in [5.41, 5.74) is 2.34. The number of hydrogen-bond donors (Lipinski definition) is 0. The number of aromatic nitrogens is 5. The zero-order chi connectivity index (χ0) is 21.2. The summed E-state index contributed by atoms with van der Waals surface area (Å²) < 4.78 is 7.14. The molecule has 1 aliphatic rings. The van der Waals surface area contributed by atoms with Gasteiger partial charge in [-0.25, -0.2) is 4.68 Å². The highest BCUT2D eigenvalue weighted by molar-refractivity contribution is 6.30. The molecule has 0 saturated carbocycles. The third-order valence-electron chi connectivity index (χ3n) is 5.35. The van der Waals surface area contributed by atoms with Gasteiger partial charge < -0.3 is 9.42 Å². The Morgan fingerprint density at radius 1 is 1.13 bits per heavy atom. The Morgan fingerprint density at radius 3 is 2.74 bits per heavy atom. The van der Waals surface area contributed by atoms with E-state index in [2.05, 4.69) is 20.5 Å². The number of carbonyl (C=O) groups is 1. The van der Waals surface area contributed by atoms with Gasteiger partial charge in [0.05, 0.1) is 18.7 Å². The summed E-state index contributed by atoms with van der Waals surface area (Å²) in [4.78, 5) is 18.9. The van der Waals surface area contributed by atoms with Crippen LogP contribution in [-0.2, 0) is 11.2 Å². The Kier molecular flexibility index (Phi) is 5.21. The molecule has 9 heteroatoms. The summed E-state index contributed by atoms with van der Waals surface area (Å²) >= 11 is 5.91. The van der Waals surface area contributed by atoms with E-state index >= 15 is 0 Å². The lowest BCUT2D eigenvalue weighted by atomic mass is 10.1.